The summed E-state index contributed by atoms with van der Waals surface area (Å²) in [7, 11) is 0. The SMILES string of the molecule is NC(=O)N(N)c1ccc(N(N)C(N)=O)c2c1cnn2O. The molecule has 1 aromatic heterocycles. The molecule has 106 valence electrons. The lowest BCUT2D eigenvalue weighted by atomic mass is 10.2. The zero-order valence-corrected chi connectivity index (χ0v) is 10.1. The minimum atomic E-state index is -0.945. The van der Waals surface area contributed by atoms with Gasteiger partial charge in [0.15, 0.2) is 0 Å². The third-order valence-electron chi connectivity index (χ3n) is 2.66. The van der Waals surface area contributed by atoms with Gasteiger partial charge in [0, 0.05) is 0 Å². The summed E-state index contributed by atoms with van der Waals surface area (Å²) in [4.78, 5) is 22.7. The Morgan fingerprint density at radius 2 is 1.60 bits per heavy atom. The average Bonchev–Trinajstić information content (AvgIpc) is 2.78. The number of carbonyl (C=O) groups excluding carboxylic acids is 2. The summed E-state index contributed by atoms with van der Waals surface area (Å²) in [5.41, 5.74) is 10.4. The second-order valence-electron chi connectivity index (χ2n) is 3.82. The van der Waals surface area contributed by atoms with E-state index in [1.165, 1.54) is 18.3 Å². The van der Waals surface area contributed by atoms with E-state index in [2.05, 4.69) is 5.10 Å². The van der Waals surface area contributed by atoms with Crippen LogP contribution in [0.5, 0.6) is 0 Å². The third-order valence-corrected chi connectivity index (χ3v) is 2.66. The van der Waals surface area contributed by atoms with E-state index in [1.54, 1.807) is 0 Å². The molecule has 1 heterocycles. The molecule has 0 spiro atoms. The van der Waals surface area contributed by atoms with Crippen molar-refractivity contribution in [3.63, 3.8) is 0 Å². The topological polar surface area (TPSA) is 183 Å². The second kappa shape index (κ2) is 4.56. The smallest absolute Gasteiger partial charge is 0.333 e. The molecule has 11 heteroatoms. The first-order valence-electron chi connectivity index (χ1n) is 5.23. The van der Waals surface area contributed by atoms with Crippen LogP contribution < -0.4 is 33.2 Å². The highest BCUT2D eigenvalue weighted by atomic mass is 16.5. The van der Waals surface area contributed by atoms with E-state index in [4.69, 9.17) is 23.2 Å². The fourth-order valence-corrected chi connectivity index (χ4v) is 1.74. The summed E-state index contributed by atoms with van der Waals surface area (Å²) in [5.74, 6) is 11.0. The number of primary amides is 2. The normalized spacial score (nSPS) is 10.5. The van der Waals surface area contributed by atoms with Crippen LogP contribution in [-0.2, 0) is 0 Å². The number of anilines is 2. The standard InChI is InChI=1S/C9H12N8O3/c10-8(18)15(12)5-1-2-6(16(13)9(11)19)7-4(5)3-14-17(7)20/h1-3,20H,12-13H2,(H2,10,18)(H2,11,19). The van der Waals surface area contributed by atoms with E-state index >= 15 is 0 Å². The number of hydrogen-bond donors (Lipinski definition) is 5. The lowest BCUT2D eigenvalue weighted by molar-refractivity contribution is 0.161. The number of carbonyl (C=O) groups is 2. The van der Waals surface area contributed by atoms with Crippen LogP contribution in [0.3, 0.4) is 0 Å². The van der Waals surface area contributed by atoms with Crippen molar-refractivity contribution >= 4 is 34.3 Å². The summed E-state index contributed by atoms with van der Waals surface area (Å²) >= 11 is 0. The number of amides is 4. The van der Waals surface area contributed by atoms with Crippen LogP contribution in [0.4, 0.5) is 21.0 Å². The van der Waals surface area contributed by atoms with E-state index in [1.807, 2.05) is 0 Å². The number of fused-ring (bicyclic) bond motifs is 1. The number of nitrogens with two attached hydrogens (primary N) is 4. The van der Waals surface area contributed by atoms with Crippen molar-refractivity contribution in [2.24, 2.45) is 23.2 Å². The molecule has 0 atom stereocenters. The number of rotatable bonds is 2. The van der Waals surface area contributed by atoms with Gasteiger partial charge in [-0.3, -0.25) is 0 Å². The highest BCUT2D eigenvalue weighted by Gasteiger charge is 2.21. The Labute approximate surface area is 111 Å². The Bertz CT molecular complexity index is 696. The summed E-state index contributed by atoms with van der Waals surface area (Å²) in [6.07, 6.45) is 1.23. The fraction of sp³-hybridized carbons (Fsp3) is 0. The van der Waals surface area contributed by atoms with Crippen LogP contribution in [0.1, 0.15) is 0 Å². The summed E-state index contributed by atoms with van der Waals surface area (Å²) in [6, 6.07) is 0.857. The molecule has 0 aliphatic heterocycles. The maximum Gasteiger partial charge on any atom is 0.333 e. The molecule has 0 aliphatic carbocycles. The van der Waals surface area contributed by atoms with Crippen molar-refractivity contribution in [2.75, 3.05) is 10.0 Å². The predicted molar refractivity (Wildman–Crippen MR) is 69.4 cm³/mol. The quantitative estimate of drug-likeness (QED) is 0.199. The van der Waals surface area contributed by atoms with E-state index < -0.39 is 12.1 Å². The second-order valence-corrected chi connectivity index (χ2v) is 3.82. The molecule has 0 bridgehead atoms. The Morgan fingerprint density at radius 1 is 1.10 bits per heavy atom. The van der Waals surface area contributed by atoms with Gasteiger partial charge in [0.2, 0.25) is 0 Å². The first kappa shape index (κ1) is 13.4. The van der Waals surface area contributed by atoms with E-state index in [9.17, 15) is 14.8 Å². The predicted octanol–water partition coefficient (Wildman–Crippen LogP) is -1.21. The molecule has 4 amide bonds. The van der Waals surface area contributed by atoms with Gasteiger partial charge in [-0.15, -0.1) is 5.10 Å². The van der Waals surface area contributed by atoms with Crippen LogP contribution in [-0.4, -0.2) is 27.2 Å². The maximum atomic E-state index is 11.1. The fourth-order valence-electron chi connectivity index (χ4n) is 1.74. The number of hydrazine groups is 2. The molecule has 2 aromatic rings. The first-order chi connectivity index (χ1) is 9.34. The van der Waals surface area contributed by atoms with Gasteiger partial charge in [-0.25, -0.2) is 31.3 Å². The highest BCUT2D eigenvalue weighted by molar-refractivity contribution is 6.07. The lowest BCUT2D eigenvalue weighted by Crippen LogP contribution is -2.43. The van der Waals surface area contributed by atoms with Crippen molar-refractivity contribution in [3.8, 4) is 0 Å². The van der Waals surface area contributed by atoms with Crippen LogP contribution in [0.25, 0.3) is 10.9 Å². The Balaban J connectivity index is 2.72. The van der Waals surface area contributed by atoms with Crippen LogP contribution in [0.15, 0.2) is 18.3 Å². The minimum Gasteiger partial charge on any atom is -0.411 e. The molecule has 1 aromatic carbocycles. The van der Waals surface area contributed by atoms with Crippen LogP contribution in [0.2, 0.25) is 0 Å². The number of nitrogens with zero attached hydrogens (tertiary/aromatic N) is 4. The molecule has 2 rings (SSSR count). The van der Waals surface area contributed by atoms with Crippen molar-refractivity contribution in [1.82, 2.24) is 9.94 Å². The van der Waals surface area contributed by atoms with Gasteiger partial charge < -0.3 is 16.7 Å². The molecule has 9 N–H and O–H groups in total. The Morgan fingerprint density at radius 3 is 2.15 bits per heavy atom. The number of hydrogen-bond acceptors (Lipinski definition) is 6. The summed E-state index contributed by atoms with van der Waals surface area (Å²) < 4.78 is 0. The zero-order chi connectivity index (χ0) is 15.0. The lowest BCUT2D eigenvalue weighted by Gasteiger charge is -2.19. The Hall–Kier alpha value is -3.05. The van der Waals surface area contributed by atoms with E-state index in [0.717, 1.165) is 0 Å². The number of urea groups is 2. The molecular weight excluding hydrogens is 268 g/mol. The Kier molecular flexibility index (Phi) is 3.05. The zero-order valence-electron chi connectivity index (χ0n) is 10.1. The molecule has 0 aliphatic rings. The van der Waals surface area contributed by atoms with Gasteiger partial charge in [-0.05, 0) is 12.1 Å². The average molecular weight is 280 g/mol. The van der Waals surface area contributed by atoms with Crippen LogP contribution in [0, 0.1) is 0 Å². The van der Waals surface area contributed by atoms with Gasteiger partial charge in [0.1, 0.15) is 5.52 Å². The van der Waals surface area contributed by atoms with Crippen LogP contribution >= 0.6 is 0 Å². The number of benzene rings is 1. The van der Waals surface area contributed by atoms with Crippen molar-refractivity contribution in [1.29, 1.82) is 0 Å². The molecule has 0 saturated heterocycles. The molecule has 0 radical (unpaired) electrons. The molecule has 0 saturated carbocycles. The van der Waals surface area contributed by atoms with Gasteiger partial charge in [-0.1, -0.05) is 4.85 Å². The largest absolute Gasteiger partial charge is 0.411 e. The first-order valence-corrected chi connectivity index (χ1v) is 5.23. The van der Waals surface area contributed by atoms with Gasteiger partial charge >= 0.3 is 12.1 Å². The van der Waals surface area contributed by atoms with Crippen molar-refractivity contribution in [2.45, 2.75) is 0 Å². The summed E-state index contributed by atoms with van der Waals surface area (Å²) in [6.45, 7) is 0. The maximum absolute atomic E-state index is 11.1. The third kappa shape index (κ3) is 1.92. The highest BCUT2D eigenvalue weighted by Crippen LogP contribution is 2.32. The van der Waals surface area contributed by atoms with Crippen molar-refractivity contribution < 1.29 is 14.8 Å². The van der Waals surface area contributed by atoms with Gasteiger partial charge in [0.05, 0.1) is 23.0 Å². The minimum absolute atomic E-state index is 0.0421. The molecule has 0 fully saturated rings. The number of aromatic nitrogens is 2. The molecule has 11 nitrogen and oxygen atoms in total. The molecule has 0 unspecified atom stereocenters. The van der Waals surface area contributed by atoms with E-state index in [0.29, 0.717) is 14.9 Å². The molecular formula is C9H12N8O3. The monoisotopic (exact) mass is 280 g/mol. The summed E-state index contributed by atoms with van der Waals surface area (Å²) in [5, 5.41) is 14.8. The van der Waals surface area contributed by atoms with Gasteiger partial charge in [0.25, 0.3) is 0 Å². The molecule has 20 heavy (non-hydrogen) atoms. The van der Waals surface area contributed by atoms with Gasteiger partial charge in [-0.2, -0.15) is 0 Å². The van der Waals surface area contributed by atoms with Crippen molar-refractivity contribution in [3.05, 3.63) is 18.3 Å². The van der Waals surface area contributed by atoms with E-state index in [-0.39, 0.29) is 22.3 Å².